The van der Waals surface area contributed by atoms with Gasteiger partial charge in [-0.25, -0.2) is 9.97 Å². The highest BCUT2D eigenvalue weighted by Gasteiger charge is 2.36. The molecule has 0 aliphatic carbocycles. The first-order valence-electron chi connectivity index (χ1n) is 11.2. The summed E-state index contributed by atoms with van der Waals surface area (Å²) in [5.41, 5.74) is 9.81. The highest BCUT2D eigenvalue weighted by atomic mass is 28.4. The third-order valence-corrected chi connectivity index (χ3v) is 10.6. The Hall–Kier alpha value is -2.70. The van der Waals surface area contributed by atoms with Gasteiger partial charge < -0.3 is 14.9 Å². The van der Waals surface area contributed by atoms with E-state index in [1.54, 1.807) is 6.20 Å². The summed E-state index contributed by atoms with van der Waals surface area (Å²) in [5.74, 6) is 1.31. The number of nitrogen functional groups attached to an aromatic ring is 1. The van der Waals surface area contributed by atoms with Crippen LogP contribution >= 0.6 is 0 Å². The van der Waals surface area contributed by atoms with Crippen molar-refractivity contribution in [3.63, 3.8) is 0 Å². The normalized spacial score (nSPS) is 12.0. The fraction of sp³-hybridized carbons (Fsp3) is 0.385. The Balaban J connectivity index is 1.55. The van der Waals surface area contributed by atoms with E-state index in [-0.39, 0.29) is 5.04 Å². The van der Waals surface area contributed by atoms with Gasteiger partial charge in [0.25, 0.3) is 0 Å². The summed E-state index contributed by atoms with van der Waals surface area (Å²) in [6.07, 6.45) is 3.25. The summed E-state index contributed by atoms with van der Waals surface area (Å²) in [7, 11) is -1.69. The zero-order valence-electron chi connectivity index (χ0n) is 19.9. The number of hydrogen-bond donors (Lipinski definition) is 1. The summed E-state index contributed by atoms with van der Waals surface area (Å²) in [6, 6.07) is 18.1. The largest absolute Gasteiger partial charge is 0.494 e. The second-order valence-electron chi connectivity index (χ2n) is 9.58. The molecule has 32 heavy (non-hydrogen) atoms. The molecule has 0 saturated carbocycles. The summed E-state index contributed by atoms with van der Waals surface area (Å²) in [6.45, 7) is 12.7. The van der Waals surface area contributed by atoms with Crippen LogP contribution in [-0.2, 0) is 10.8 Å². The average molecular weight is 450 g/mol. The van der Waals surface area contributed by atoms with Gasteiger partial charge in [-0.2, -0.15) is 0 Å². The fourth-order valence-corrected chi connectivity index (χ4v) is 4.10. The SMILES string of the molecule is CC(C)(C)[Si](C)(C)OCCCOc1ccc(-c2cnc(N)c(Cc3ccccc3)n2)cc1. The van der Waals surface area contributed by atoms with Crippen molar-refractivity contribution in [3.8, 4) is 17.0 Å². The first kappa shape index (κ1) is 23.9. The third-order valence-electron chi connectivity index (χ3n) is 6.07. The Labute approximate surface area is 193 Å². The zero-order valence-corrected chi connectivity index (χ0v) is 20.9. The summed E-state index contributed by atoms with van der Waals surface area (Å²) in [5, 5.41) is 0.232. The van der Waals surface area contributed by atoms with Gasteiger partial charge in [0.15, 0.2) is 8.32 Å². The molecule has 0 saturated heterocycles. The zero-order chi connectivity index (χ0) is 23.2. The molecule has 3 rings (SSSR count). The molecule has 2 N–H and O–H groups in total. The summed E-state index contributed by atoms with van der Waals surface area (Å²) >= 11 is 0. The Bertz CT molecular complexity index is 1000. The number of aromatic nitrogens is 2. The summed E-state index contributed by atoms with van der Waals surface area (Å²) in [4.78, 5) is 9.11. The molecule has 5 nitrogen and oxygen atoms in total. The molecule has 170 valence electrons. The topological polar surface area (TPSA) is 70.3 Å². The first-order chi connectivity index (χ1) is 15.2. The highest BCUT2D eigenvalue weighted by molar-refractivity contribution is 6.74. The smallest absolute Gasteiger partial charge is 0.191 e. The van der Waals surface area contributed by atoms with Crippen LogP contribution in [-0.4, -0.2) is 31.5 Å². The number of anilines is 1. The van der Waals surface area contributed by atoms with Crippen molar-refractivity contribution >= 4 is 14.1 Å². The number of nitrogens with two attached hydrogens (primary N) is 1. The molecule has 0 fully saturated rings. The maximum absolute atomic E-state index is 6.21. The van der Waals surface area contributed by atoms with E-state index >= 15 is 0 Å². The number of hydrogen-bond acceptors (Lipinski definition) is 5. The summed E-state index contributed by atoms with van der Waals surface area (Å²) < 4.78 is 12.1. The minimum absolute atomic E-state index is 0.232. The van der Waals surface area contributed by atoms with E-state index in [0.29, 0.717) is 18.8 Å². The Morgan fingerprint density at radius 2 is 1.62 bits per heavy atom. The predicted molar refractivity (Wildman–Crippen MR) is 134 cm³/mol. The number of benzene rings is 2. The first-order valence-corrected chi connectivity index (χ1v) is 14.1. The molecule has 0 atom stereocenters. The minimum atomic E-state index is -1.69. The molecule has 0 spiro atoms. The molecular weight excluding hydrogens is 414 g/mol. The van der Waals surface area contributed by atoms with E-state index in [4.69, 9.17) is 19.9 Å². The van der Waals surface area contributed by atoms with Crippen molar-refractivity contribution < 1.29 is 9.16 Å². The van der Waals surface area contributed by atoms with Gasteiger partial charge in [-0.3, -0.25) is 0 Å². The van der Waals surface area contributed by atoms with Gasteiger partial charge >= 0.3 is 0 Å². The molecule has 6 heteroatoms. The van der Waals surface area contributed by atoms with E-state index < -0.39 is 8.32 Å². The number of nitrogens with zero attached hydrogens (tertiary/aromatic N) is 2. The lowest BCUT2D eigenvalue weighted by atomic mass is 10.1. The molecule has 1 aromatic heterocycles. The van der Waals surface area contributed by atoms with Crippen LogP contribution in [0.25, 0.3) is 11.3 Å². The van der Waals surface area contributed by atoms with Crippen molar-refractivity contribution in [2.75, 3.05) is 18.9 Å². The predicted octanol–water partition coefficient (Wildman–Crippen LogP) is 6.11. The molecule has 0 unspecified atom stereocenters. The van der Waals surface area contributed by atoms with Crippen LogP contribution in [0.4, 0.5) is 5.82 Å². The molecule has 0 aliphatic rings. The monoisotopic (exact) mass is 449 g/mol. The Morgan fingerprint density at radius 1 is 0.938 bits per heavy atom. The molecule has 0 bridgehead atoms. The van der Waals surface area contributed by atoms with Crippen molar-refractivity contribution in [1.29, 1.82) is 0 Å². The highest BCUT2D eigenvalue weighted by Crippen LogP contribution is 2.36. The lowest BCUT2D eigenvalue weighted by Gasteiger charge is -2.36. The van der Waals surface area contributed by atoms with E-state index in [1.165, 1.54) is 0 Å². The van der Waals surface area contributed by atoms with Crippen molar-refractivity contribution in [1.82, 2.24) is 9.97 Å². The van der Waals surface area contributed by atoms with Crippen molar-refractivity contribution in [3.05, 3.63) is 72.1 Å². The van der Waals surface area contributed by atoms with E-state index in [0.717, 1.165) is 41.3 Å². The lowest BCUT2D eigenvalue weighted by Crippen LogP contribution is -2.41. The van der Waals surface area contributed by atoms with Crippen LogP contribution in [0.3, 0.4) is 0 Å². The van der Waals surface area contributed by atoms with E-state index in [2.05, 4.69) is 51.0 Å². The van der Waals surface area contributed by atoms with Gasteiger partial charge in [0.05, 0.1) is 24.2 Å². The quantitative estimate of drug-likeness (QED) is 0.315. The average Bonchev–Trinajstić information content (AvgIpc) is 2.75. The van der Waals surface area contributed by atoms with Gasteiger partial charge in [0, 0.05) is 25.0 Å². The second kappa shape index (κ2) is 10.3. The number of rotatable bonds is 9. The third kappa shape index (κ3) is 6.40. The molecule has 3 aromatic rings. The maximum Gasteiger partial charge on any atom is 0.191 e. The molecule has 2 aromatic carbocycles. The van der Waals surface area contributed by atoms with E-state index in [1.807, 2.05) is 42.5 Å². The van der Waals surface area contributed by atoms with Crippen LogP contribution in [0.5, 0.6) is 5.75 Å². The standard InChI is InChI=1S/C26H35N3O2Si/c1-26(2,3)32(4,5)31-17-9-16-30-22-14-12-21(13-15-22)24-19-28-25(27)23(29-24)18-20-10-7-6-8-11-20/h6-8,10-15,19H,9,16-18H2,1-5H3,(H2,27,28). The Kier molecular flexibility index (Phi) is 7.69. The van der Waals surface area contributed by atoms with Crippen molar-refractivity contribution in [2.45, 2.75) is 51.7 Å². The molecule has 1 heterocycles. The van der Waals surface area contributed by atoms with Gasteiger partial charge in [-0.1, -0.05) is 51.1 Å². The van der Waals surface area contributed by atoms with Crippen LogP contribution < -0.4 is 10.5 Å². The minimum Gasteiger partial charge on any atom is -0.494 e. The Morgan fingerprint density at radius 3 is 2.28 bits per heavy atom. The van der Waals surface area contributed by atoms with Gasteiger partial charge in [0.2, 0.25) is 0 Å². The van der Waals surface area contributed by atoms with Crippen LogP contribution in [0.15, 0.2) is 60.8 Å². The number of ether oxygens (including phenoxy) is 1. The van der Waals surface area contributed by atoms with Gasteiger partial charge in [-0.15, -0.1) is 0 Å². The van der Waals surface area contributed by atoms with Crippen LogP contribution in [0, 0.1) is 0 Å². The lowest BCUT2D eigenvalue weighted by molar-refractivity contribution is 0.234. The second-order valence-corrected chi connectivity index (χ2v) is 14.4. The van der Waals surface area contributed by atoms with Crippen LogP contribution in [0.1, 0.15) is 38.4 Å². The maximum atomic E-state index is 6.21. The molecule has 0 amide bonds. The molecule has 0 radical (unpaired) electrons. The molecule has 0 aliphatic heterocycles. The molecular formula is C26H35N3O2Si. The van der Waals surface area contributed by atoms with Crippen LogP contribution in [0.2, 0.25) is 18.1 Å². The van der Waals surface area contributed by atoms with Crippen molar-refractivity contribution in [2.24, 2.45) is 0 Å². The fourth-order valence-electron chi connectivity index (χ4n) is 3.01. The van der Waals surface area contributed by atoms with Gasteiger partial charge in [0.1, 0.15) is 11.6 Å². The van der Waals surface area contributed by atoms with Gasteiger partial charge in [-0.05, 0) is 48.0 Å². The van der Waals surface area contributed by atoms with E-state index in [9.17, 15) is 0 Å².